The summed E-state index contributed by atoms with van der Waals surface area (Å²) in [4.78, 5) is 8.13. The van der Waals surface area contributed by atoms with Crippen LogP contribution in [-0.2, 0) is 17.6 Å². The van der Waals surface area contributed by atoms with Crippen molar-refractivity contribution in [2.45, 2.75) is 6.42 Å². The van der Waals surface area contributed by atoms with Gasteiger partial charge >= 0.3 is 0 Å². The molecule has 5 heteroatoms. The topological polar surface area (TPSA) is 51.7 Å². The first-order chi connectivity index (χ1) is 11.1. The SMILES string of the molecule is C[S+]([O-])CCc1nc(-c2ccc(Cl)cc2)[nH]c1-c1ccccc1. The minimum absolute atomic E-state index is 0.602. The Morgan fingerprint density at radius 3 is 2.39 bits per heavy atom. The fraction of sp³-hybridized carbons (Fsp3) is 0.167. The molecular formula is C18H17ClN2OS. The Morgan fingerprint density at radius 2 is 1.74 bits per heavy atom. The number of aryl methyl sites for hydroxylation is 1. The minimum atomic E-state index is -0.840. The van der Waals surface area contributed by atoms with Gasteiger partial charge < -0.3 is 9.54 Å². The van der Waals surface area contributed by atoms with Crippen LogP contribution in [0.2, 0.25) is 5.02 Å². The first-order valence-corrected chi connectivity index (χ1v) is 9.44. The fourth-order valence-corrected chi connectivity index (χ4v) is 3.03. The van der Waals surface area contributed by atoms with Crippen molar-refractivity contribution in [1.82, 2.24) is 9.97 Å². The number of aromatic amines is 1. The quantitative estimate of drug-likeness (QED) is 0.701. The molecule has 3 rings (SSSR count). The molecule has 1 unspecified atom stereocenters. The first-order valence-electron chi connectivity index (χ1n) is 7.34. The second kappa shape index (κ2) is 7.21. The smallest absolute Gasteiger partial charge is 0.138 e. The van der Waals surface area contributed by atoms with E-state index in [0.29, 0.717) is 17.2 Å². The Kier molecular flexibility index (Phi) is 5.06. The number of imidazole rings is 1. The summed E-state index contributed by atoms with van der Waals surface area (Å²) in [7, 11) is 0. The van der Waals surface area contributed by atoms with Crippen LogP contribution in [-0.4, -0.2) is 26.5 Å². The lowest BCUT2D eigenvalue weighted by molar-refractivity contribution is 0.600. The summed E-state index contributed by atoms with van der Waals surface area (Å²) in [5.74, 6) is 1.41. The van der Waals surface area contributed by atoms with E-state index in [4.69, 9.17) is 16.6 Å². The van der Waals surface area contributed by atoms with Crippen molar-refractivity contribution in [3.05, 3.63) is 65.3 Å². The van der Waals surface area contributed by atoms with Crippen molar-refractivity contribution >= 4 is 22.8 Å². The zero-order valence-electron chi connectivity index (χ0n) is 12.8. The van der Waals surface area contributed by atoms with Crippen LogP contribution < -0.4 is 0 Å². The largest absolute Gasteiger partial charge is 0.617 e. The lowest BCUT2D eigenvalue weighted by atomic mass is 10.1. The van der Waals surface area contributed by atoms with Crippen LogP contribution in [0.3, 0.4) is 0 Å². The van der Waals surface area contributed by atoms with Gasteiger partial charge in [-0.2, -0.15) is 0 Å². The van der Waals surface area contributed by atoms with E-state index in [0.717, 1.165) is 28.3 Å². The average molecular weight is 345 g/mol. The van der Waals surface area contributed by atoms with Crippen LogP contribution in [0.5, 0.6) is 0 Å². The summed E-state index contributed by atoms with van der Waals surface area (Å²) in [6.45, 7) is 0. The summed E-state index contributed by atoms with van der Waals surface area (Å²) in [5, 5.41) is 0.699. The maximum Gasteiger partial charge on any atom is 0.138 e. The predicted octanol–water partition coefficient (Wildman–Crippen LogP) is 4.32. The van der Waals surface area contributed by atoms with Crippen LogP contribution in [0.4, 0.5) is 0 Å². The molecule has 0 bridgehead atoms. The minimum Gasteiger partial charge on any atom is -0.617 e. The van der Waals surface area contributed by atoms with E-state index in [-0.39, 0.29) is 0 Å². The predicted molar refractivity (Wildman–Crippen MR) is 97.1 cm³/mol. The van der Waals surface area contributed by atoms with E-state index in [1.165, 1.54) is 0 Å². The van der Waals surface area contributed by atoms with Crippen LogP contribution in [0.25, 0.3) is 22.6 Å². The number of nitrogens with zero attached hydrogens (tertiary/aromatic N) is 1. The maximum atomic E-state index is 11.4. The van der Waals surface area contributed by atoms with Crippen molar-refractivity contribution in [3.63, 3.8) is 0 Å². The molecule has 118 valence electrons. The van der Waals surface area contributed by atoms with Gasteiger partial charge in [-0.05, 0) is 29.8 Å². The molecule has 0 saturated heterocycles. The van der Waals surface area contributed by atoms with Gasteiger partial charge in [0.25, 0.3) is 0 Å². The second-order valence-electron chi connectivity index (χ2n) is 5.31. The van der Waals surface area contributed by atoms with Crippen molar-refractivity contribution in [3.8, 4) is 22.6 Å². The van der Waals surface area contributed by atoms with Crippen molar-refractivity contribution in [2.75, 3.05) is 12.0 Å². The van der Waals surface area contributed by atoms with Crippen molar-refractivity contribution in [2.24, 2.45) is 0 Å². The standard InChI is InChI=1S/C18H17ClN2OS/c1-23(22)12-11-16-17(13-5-3-2-4-6-13)21-18(20-16)14-7-9-15(19)10-8-14/h2-10H,11-12H2,1H3,(H,20,21). The van der Waals surface area contributed by atoms with Crippen LogP contribution in [0.1, 0.15) is 5.69 Å². The molecule has 1 aromatic heterocycles. The fourth-order valence-electron chi connectivity index (χ4n) is 2.42. The molecule has 0 spiro atoms. The summed E-state index contributed by atoms with van der Waals surface area (Å²) < 4.78 is 11.4. The normalized spacial score (nSPS) is 12.3. The van der Waals surface area contributed by atoms with Gasteiger partial charge in [-0.3, -0.25) is 0 Å². The molecule has 2 aromatic carbocycles. The third kappa shape index (κ3) is 3.96. The van der Waals surface area contributed by atoms with Gasteiger partial charge in [-0.1, -0.05) is 53.1 Å². The van der Waals surface area contributed by atoms with Gasteiger partial charge in [0.15, 0.2) is 0 Å². The molecule has 0 amide bonds. The summed E-state index contributed by atoms with van der Waals surface area (Å²) in [6.07, 6.45) is 2.40. The van der Waals surface area contributed by atoms with Gasteiger partial charge in [0.1, 0.15) is 11.6 Å². The highest BCUT2D eigenvalue weighted by atomic mass is 35.5. The van der Waals surface area contributed by atoms with E-state index in [2.05, 4.69) is 4.98 Å². The highest BCUT2D eigenvalue weighted by Crippen LogP contribution is 2.27. The van der Waals surface area contributed by atoms with E-state index in [1.54, 1.807) is 6.26 Å². The Balaban J connectivity index is 2.00. The number of halogens is 1. The third-order valence-corrected chi connectivity index (χ3v) is 4.62. The third-order valence-electron chi connectivity index (χ3n) is 3.59. The zero-order chi connectivity index (χ0) is 16.2. The van der Waals surface area contributed by atoms with Gasteiger partial charge in [-0.15, -0.1) is 0 Å². The number of rotatable bonds is 5. The first kappa shape index (κ1) is 16.1. The molecule has 0 saturated carbocycles. The Labute approximate surface area is 143 Å². The molecule has 0 aliphatic heterocycles. The van der Waals surface area contributed by atoms with E-state index < -0.39 is 11.2 Å². The lowest BCUT2D eigenvalue weighted by Gasteiger charge is -2.05. The Hall–Kier alpha value is -1.75. The van der Waals surface area contributed by atoms with E-state index in [9.17, 15) is 4.55 Å². The molecule has 1 heterocycles. The molecule has 3 aromatic rings. The number of nitrogens with one attached hydrogen (secondary N) is 1. The molecule has 0 fully saturated rings. The molecule has 1 atom stereocenters. The maximum absolute atomic E-state index is 11.4. The van der Waals surface area contributed by atoms with Crippen molar-refractivity contribution in [1.29, 1.82) is 0 Å². The second-order valence-corrected chi connectivity index (χ2v) is 7.30. The Morgan fingerprint density at radius 1 is 1.04 bits per heavy atom. The average Bonchev–Trinajstić information content (AvgIpc) is 2.98. The van der Waals surface area contributed by atoms with Gasteiger partial charge in [-0.25, -0.2) is 4.98 Å². The molecule has 3 nitrogen and oxygen atoms in total. The molecule has 23 heavy (non-hydrogen) atoms. The molecule has 1 N–H and O–H groups in total. The van der Waals surface area contributed by atoms with Gasteiger partial charge in [0, 0.05) is 17.0 Å². The lowest BCUT2D eigenvalue weighted by Crippen LogP contribution is -2.06. The molecule has 0 radical (unpaired) electrons. The molecule has 0 aliphatic carbocycles. The number of aromatic nitrogens is 2. The molecular weight excluding hydrogens is 328 g/mol. The molecule has 0 aliphatic rings. The van der Waals surface area contributed by atoms with Crippen LogP contribution in [0, 0.1) is 0 Å². The van der Waals surface area contributed by atoms with Gasteiger partial charge in [0.2, 0.25) is 0 Å². The number of benzene rings is 2. The summed E-state index contributed by atoms with van der Waals surface area (Å²) >= 11 is 5.11. The highest BCUT2D eigenvalue weighted by molar-refractivity contribution is 7.90. The highest BCUT2D eigenvalue weighted by Gasteiger charge is 2.14. The van der Waals surface area contributed by atoms with Crippen LogP contribution in [0.15, 0.2) is 54.6 Å². The van der Waals surface area contributed by atoms with Crippen LogP contribution >= 0.6 is 11.6 Å². The van der Waals surface area contributed by atoms with E-state index in [1.807, 2.05) is 54.6 Å². The Bertz CT molecular complexity index is 769. The number of hydrogen-bond donors (Lipinski definition) is 1. The van der Waals surface area contributed by atoms with Gasteiger partial charge in [0.05, 0.1) is 17.6 Å². The number of hydrogen-bond acceptors (Lipinski definition) is 2. The monoisotopic (exact) mass is 344 g/mol. The zero-order valence-corrected chi connectivity index (χ0v) is 14.3. The van der Waals surface area contributed by atoms with Crippen molar-refractivity contribution < 1.29 is 4.55 Å². The number of H-pyrrole nitrogens is 1. The summed E-state index contributed by atoms with van der Waals surface area (Å²) in [6, 6.07) is 17.7. The summed E-state index contributed by atoms with van der Waals surface area (Å²) in [5.41, 5.74) is 3.99. The van der Waals surface area contributed by atoms with E-state index >= 15 is 0 Å².